The number of hydrogen-bond donors (Lipinski definition) is 0. The predicted molar refractivity (Wildman–Crippen MR) is 90.2 cm³/mol. The highest BCUT2D eigenvalue weighted by Gasteiger charge is 2.29. The van der Waals surface area contributed by atoms with Gasteiger partial charge in [0.15, 0.2) is 0 Å². The number of hydrogen-bond acceptors (Lipinski definition) is 2. The number of allylic oxidation sites excluding steroid dienone is 1. The van der Waals surface area contributed by atoms with E-state index >= 15 is 0 Å². The van der Waals surface area contributed by atoms with Crippen molar-refractivity contribution >= 4 is 0 Å². The van der Waals surface area contributed by atoms with Gasteiger partial charge in [-0.05, 0) is 55.8 Å². The summed E-state index contributed by atoms with van der Waals surface area (Å²) in [6.07, 6.45) is 13.6. The van der Waals surface area contributed by atoms with Crippen LogP contribution in [0.2, 0.25) is 0 Å². The maximum atomic E-state index is 11.2. The van der Waals surface area contributed by atoms with E-state index in [0.29, 0.717) is 17.8 Å². The van der Waals surface area contributed by atoms with Gasteiger partial charge in [-0.2, -0.15) is 4.91 Å². The molecule has 1 fully saturated rings. The van der Waals surface area contributed by atoms with E-state index in [2.05, 4.69) is 32.0 Å². The van der Waals surface area contributed by atoms with E-state index in [1.807, 2.05) is 0 Å². The average molecular weight is 291 g/mol. The van der Waals surface area contributed by atoms with E-state index in [0.717, 1.165) is 18.8 Å². The topological polar surface area (TPSA) is 29.4 Å². The van der Waals surface area contributed by atoms with Crippen LogP contribution in [0.3, 0.4) is 0 Å². The molecule has 2 aliphatic carbocycles. The highest BCUT2D eigenvalue weighted by Crippen LogP contribution is 2.39. The Bertz CT molecular complexity index is 361. The van der Waals surface area contributed by atoms with Gasteiger partial charge in [0.2, 0.25) is 0 Å². The van der Waals surface area contributed by atoms with E-state index in [9.17, 15) is 4.91 Å². The van der Waals surface area contributed by atoms with Crippen LogP contribution in [0.1, 0.15) is 78.6 Å². The van der Waals surface area contributed by atoms with Crippen molar-refractivity contribution in [2.24, 2.45) is 28.8 Å². The lowest BCUT2D eigenvalue weighted by atomic mass is 9.74. The zero-order valence-electron chi connectivity index (χ0n) is 14.2. The first-order chi connectivity index (χ1) is 10.1. The Balaban J connectivity index is 2.24. The Kier molecular flexibility index (Phi) is 6.44. The molecule has 0 aromatic heterocycles. The minimum absolute atomic E-state index is 0.000882. The summed E-state index contributed by atoms with van der Waals surface area (Å²) in [7, 11) is 0. The van der Waals surface area contributed by atoms with Crippen LogP contribution in [0, 0.1) is 28.6 Å². The zero-order chi connectivity index (χ0) is 15.2. The summed E-state index contributed by atoms with van der Waals surface area (Å²) < 4.78 is 0. The molecule has 2 heteroatoms. The van der Waals surface area contributed by atoms with Crippen molar-refractivity contribution in [3.05, 3.63) is 16.6 Å². The van der Waals surface area contributed by atoms with Crippen LogP contribution in [0.4, 0.5) is 0 Å². The lowest BCUT2D eigenvalue weighted by Crippen LogP contribution is -2.24. The third kappa shape index (κ3) is 4.66. The normalized spacial score (nSPS) is 38.0. The van der Waals surface area contributed by atoms with Crippen LogP contribution in [0.5, 0.6) is 0 Å². The lowest BCUT2D eigenvalue weighted by Gasteiger charge is -2.32. The third-order valence-corrected chi connectivity index (χ3v) is 5.96. The van der Waals surface area contributed by atoms with Gasteiger partial charge in [0.1, 0.15) is 0 Å². The van der Waals surface area contributed by atoms with Gasteiger partial charge < -0.3 is 0 Å². The Morgan fingerprint density at radius 1 is 1.14 bits per heavy atom. The van der Waals surface area contributed by atoms with E-state index in [1.165, 1.54) is 44.9 Å². The summed E-state index contributed by atoms with van der Waals surface area (Å²) in [6, 6.07) is 0.000882. The molecule has 0 amide bonds. The summed E-state index contributed by atoms with van der Waals surface area (Å²) >= 11 is 0. The molecule has 2 aliphatic rings. The fourth-order valence-corrected chi connectivity index (χ4v) is 4.49. The van der Waals surface area contributed by atoms with E-state index < -0.39 is 0 Å². The summed E-state index contributed by atoms with van der Waals surface area (Å²) in [4.78, 5) is 11.2. The second-order valence-electron chi connectivity index (χ2n) is 7.76. The molecule has 0 aromatic rings. The Morgan fingerprint density at radius 2 is 1.90 bits per heavy atom. The molecule has 4 unspecified atom stereocenters. The van der Waals surface area contributed by atoms with Crippen molar-refractivity contribution in [1.29, 1.82) is 0 Å². The van der Waals surface area contributed by atoms with Crippen LogP contribution in [-0.4, -0.2) is 6.04 Å². The fourth-order valence-electron chi connectivity index (χ4n) is 4.49. The Hall–Kier alpha value is -0.660. The highest BCUT2D eigenvalue weighted by atomic mass is 16.3. The van der Waals surface area contributed by atoms with Gasteiger partial charge in [0, 0.05) is 0 Å². The van der Waals surface area contributed by atoms with Crippen LogP contribution >= 0.6 is 0 Å². The fraction of sp³-hybridized carbons (Fsp3) is 0.895. The van der Waals surface area contributed by atoms with Crippen LogP contribution in [-0.2, 0) is 0 Å². The van der Waals surface area contributed by atoms with Gasteiger partial charge in [0.25, 0.3) is 0 Å². The molecule has 120 valence electrons. The molecule has 1 saturated carbocycles. The van der Waals surface area contributed by atoms with Gasteiger partial charge in [-0.3, -0.25) is 0 Å². The minimum Gasteiger partial charge on any atom is -0.151 e. The molecule has 0 N–H and O–H groups in total. The quantitative estimate of drug-likeness (QED) is 0.446. The summed E-state index contributed by atoms with van der Waals surface area (Å²) in [5, 5.41) is 3.46. The molecule has 0 heterocycles. The first-order valence-electron chi connectivity index (χ1n) is 9.13. The molecule has 0 aromatic carbocycles. The molecule has 0 saturated heterocycles. The molecule has 21 heavy (non-hydrogen) atoms. The lowest BCUT2D eigenvalue weighted by molar-refractivity contribution is 0.196. The monoisotopic (exact) mass is 291 g/mol. The number of rotatable bonds is 2. The van der Waals surface area contributed by atoms with Crippen molar-refractivity contribution in [2.75, 3.05) is 0 Å². The molecular weight excluding hydrogens is 258 g/mol. The van der Waals surface area contributed by atoms with Gasteiger partial charge in [-0.15, -0.1) is 0 Å². The predicted octanol–water partition coefficient (Wildman–Crippen LogP) is 6.11. The molecular formula is C19H33NO. The van der Waals surface area contributed by atoms with Crippen LogP contribution < -0.4 is 0 Å². The zero-order valence-corrected chi connectivity index (χ0v) is 14.2. The molecule has 2 nitrogen and oxygen atoms in total. The van der Waals surface area contributed by atoms with Crippen molar-refractivity contribution in [3.63, 3.8) is 0 Å². The average Bonchev–Trinajstić information content (AvgIpc) is 2.56. The molecule has 4 atom stereocenters. The van der Waals surface area contributed by atoms with E-state index in [4.69, 9.17) is 0 Å². The highest BCUT2D eigenvalue weighted by molar-refractivity contribution is 5.08. The van der Waals surface area contributed by atoms with E-state index in [1.54, 1.807) is 5.57 Å². The van der Waals surface area contributed by atoms with Crippen LogP contribution in [0.25, 0.3) is 0 Å². The van der Waals surface area contributed by atoms with Gasteiger partial charge in [-0.1, -0.05) is 63.3 Å². The Labute approximate surface area is 130 Å². The minimum atomic E-state index is 0.000882. The largest absolute Gasteiger partial charge is 0.151 e. The smallest absolute Gasteiger partial charge is 0.0956 e. The van der Waals surface area contributed by atoms with Crippen molar-refractivity contribution in [3.8, 4) is 0 Å². The molecule has 0 radical (unpaired) electrons. The number of nitrogens with zero attached hydrogens (tertiary/aromatic N) is 1. The van der Waals surface area contributed by atoms with Gasteiger partial charge >= 0.3 is 0 Å². The first-order valence-corrected chi connectivity index (χ1v) is 9.13. The van der Waals surface area contributed by atoms with E-state index in [-0.39, 0.29) is 6.04 Å². The molecule has 0 spiro atoms. The van der Waals surface area contributed by atoms with Gasteiger partial charge in [0.05, 0.1) is 6.04 Å². The second-order valence-corrected chi connectivity index (χ2v) is 7.76. The number of fused-ring (bicyclic) bond motifs is 3. The third-order valence-electron chi connectivity index (χ3n) is 5.96. The SMILES string of the molecule is CC1CCCCCC2CC/C1=C\CC(N=O)CC2C(C)C. The van der Waals surface area contributed by atoms with Crippen molar-refractivity contribution in [2.45, 2.75) is 84.6 Å². The molecule has 0 aliphatic heterocycles. The van der Waals surface area contributed by atoms with Gasteiger partial charge in [-0.25, -0.2) is 0 Å². The summed E-state index contributed by atoms with van der Waals surface area (Å²) in [5.41, 5.74) is 1.61. The summed E-state index contributed by atoms with van der Waals surface area (Å²) in [5.74, 6) is 2.84. The Morgan fingerprint density at radius 3 is 2.62 bits per heavy atom. The van der Waals surface area contributed by atoms with Crippen molar-refractivity contribution in [1.82, 2.24) is 0 Å². The maximum Gasteiger partial charge on any atom is 0.0956 e. The maximum absolute atomic E-state index is 11.2. The summed E-state index contributed by atoms with van der Waals surface area (Å²) in [6.45, 7) is 7.05. The number of nitroso groups, excluding NO2 is 1. The van der Waals surface area contributed by atoms with Crippen LogP contribution in [0.15, 0.2) is 16.8 Å². The molecule has 2 bridgehead atoms. The molecule has 2 rings (SSSR count). The van der Waals surface area contributed by atoms with Crippen molar-refractivity contribution < 1.29 is 0 Å². The standard InChI is InChI=1S/C19H33NO/c1-14(2)19-13-18(20-21)12-11-16-9-10-17(19)8-6-4-5-7-15(16)3/h11,14-15,17-19H,4-10,12-13H2,1-3H3/b16-11+. The second kappa shape index (κ2) is 8.10. The first kappa shape index (κ1) is 16.7.